The van der Waals surface area contributed by atoms with E-state index in [1.54, 1.807) is 0 Å². The summed E-state index contributed by atoms with van der Waals surface area (Å²) in [6.45, 7) is 6.42. The molecule has 0 aromatic carbocycles. The largest absolute Gasteiger partial charge is 0.462 e. The van der Waals surface area contributed by atoms with Crippen LogP contribution >= 0.6 is 0 Å². The summed E-state index contributed by atoms with van der Waals surface area (Å²) in [5.74, 6) is -1.03. The Kier molecular flexibility index (Phi) is 53.4. The highest BCUT2D eigenvalue weighted by Gasteiger charge is 2.19. The fourth-order valence-corrected chi connectivity index (χ4v) is 7.51. The predicted molar refractivity (Wildman–Crippen MR) is 297 cm³/mol. The molecule has 0 saturated heterocycles. The molecule has 6 heteroatoms. The molecule has 392 valence electrons. The van der Waals surface area contributed by atoms with Gasteiger partial charge in [0.1, 0.15) is 13.2 Å². The minimum Gasteiger partial charge on any atom is -0.462 e. The SMILES string of the molecule is CC/C=C\C/C=C\C/C=C\C/C=C\C/C=C\C/C=C\CCC(=O)OCC(COC(=O)CCCCC/C=C\CCCCCCCCC)OC(=O)CCCCCCC/C=C\C=C/CCCCCCCCC. The van der Waals surface area contributed by atoms with Gasteiger partial charge in [-0.2, -0.15) is 0 Å². The van der Waals surface area contributed by atoms with Gasteiger partial charge in [0.25, 0.3) is 0 Å². The van der Waals surface area contributed by atoms with Gasteiger partial charge in [-0.15, -0.1) is 0 Å². The van der Waals surface area contributed by atoms with Gasteiger partial charge in [-0.25, -0.2) is 0 Å². The van der Waals surface area contributed by atoms with E-state index in [1.165, 1.54) is 96.3 Å². The van der Waals surface area contributed by atoms with Crippen LogP contribution in [0.3, 0.4) is 0 Å². The lowest BCUT2D eigenvalue weighted by Crippen LogP contribution is -2.30. The number of rotatable bonds is 50. The van der Waals surface area contributed by atoms with Crippen molar-refractivity contribution in [1.82, 2.24) is 0 Å². The van der Waals surface area contributed by atoms with Gasteiger partial charge < -0.3 is 14.2 Å². The molecule has 0 aliphatic rings. The molecule has 0 radical (unpaired) electrons. The first-order valence-electron chi connectivity index (χ1n) is 28.4. The fraction of sp³-hybridized carbons (Fsp3) is 0.667. The smallest absolute Gasteiger partial charge is 0.306 e. The second kappa shape index (κ2) is 56.7. The van der Waals surface area contributed by atoms with E-state index in [2.05, 4.69) is 124 Å². The van der Waals surface area contributed by atoms with Crippen LogP contribution in [0.1, 0.15) is 252 Å². The second-order valence-corrected chi connectivity index (χ2v) is 18.5. The molecule has 6 nitrogen and oxygen atoms in total. The summed E-state index contributed by atoms with van der Waals surface area (Å²) < 4.78 is 16.8. The van der Waals surface area contributed by atoms with Crippen molar-refractivity contribution >= 4 is 17.9 Å². The number of carbonyl (C=O) groups excluding carboxylic acids is 3. The van der Waals surface area contributed by atoms with Crippen molar-refractivity contribution in [2.45, 2.75) is 258 Å². The number of hydrogen-bond donors (Lipinski definition) is 0. The molecule has 0 fully saturated rings. The first-order valence-corrected chi connectivity index (χ1v) is 28.4. The van der Waals surface area contributed by atoms with Gasteiger partial charge in [-0.1, -0.05) is 233 Å². The van der Waals surface area contributed by atoms with Crippen molar-refractivity contribution < 1.29 is 28.6 Å². The van der Waals surface area contributed by atoms with E-state index in [1.807, 2.05) is 6.08 Å². The Hall–Kier alpha value is -3.93. The van der Waals surface area contributed by atoms with E-state index in [0.717, 1.165) is 109 Å². The van der Waals surface area contributed by atoms with Crippen molar-refractivity contribution in [1.29, 1.82) is 0 Å². The Bertz CT molecular complexity index is 1420. The first kappa shape index (κ1) is 65.1. The normalized spacial score (nSPS) is 12.9. The third-order valence-corrected chi connectivity index (χ3v) is 11.8. The summed E-state index contributed by atoms with van der Waals surface area (Å²) >= 11 is 0. The number of esters is 3. The van der Waals surface area contributed by atoms with Crippen LogP contribution in [0.5, 0.6) is 0 Å². The molecule has 0 amide bonds. The van der Waals surface area contributed by atoms with Gasteiger partial charge >= 0.3 is 17.9 Å². The average molecular weight is 958 g/mol. The third kappa shape index (κ3) is 54.9. The minimum atomic E-state index is -0.825. The number of hydrogen-bond acceptors (Lipinski definition) is 6. The second-order valence-electron chi connectivity index (χ2n) is 18.5. The zero-order valence-electron chi connectivity index (χ0n) is 44.8. The van der Waals surface area contributed by atoms with E-state index in [9.17, 15) is 14.4 Å². The van der Waals surface area contributed by atoms with Gasteiger partial charge in [0.2, 0.25) is 0 Å². The summed E-state index contributed by atoms with van der Waals surface area (Å²) in [5.41, 5.74) is 0. The van der Waals surface area contributed by atoms with Gasteiger partial charge in [0.15, 0.2) is 6.10 Å². The van der Waals surface area contributed by atoms with E-state index in [4.69, 9.17) is 14.2 Å². The van der Waals surface area contributed by atoms with Crippen molar-refractivity contribution in [3.63, 3.8) is 0 Å². The number of carbonyl (C=O) groups is 3. The zero-order chi connectivity index (χ0) is 50.0. The fourth-order valence-electron chi connectivity index (χ4n) is 7.51. The number of allylic oxidation sites excluding steroid dienone is 18. The molecule has 0 N–H and O–H groups in total. The van der Waals surface area contributed by atoms with Crippen LogP contribution in [0.2, 0.25) is 0 Å². The molecular formula is C63H104O6. The molecule has 0 saturated carbocycles. The van der Waals surface area contributed by atoms with Gasteiger partial charge in [0.05, 0.1) is 0 Å². The molecule has 0 bridgehead atoms. The Morgan fingerprint density at radius 3 is 1.07 bits per heavy atom. The lowest BCUT2D eigenvalue weighted by Gasteiger charge is -2.18. The summed E-state index contributed by atoms with van der Waals surface area (Å²) in [7, 11) is 0. The molecule has 0 aliphatic carbocycles. The molecular weight excluding hydrogens is 853 g/mol. The summed E-state index contributed by atoms with van der Waals surface area (Å²) in [6.07, 6.45) is 76.6. The van der Waals surface area contributed by atoms with Crippen molar-refractivity contribution in [3.8, 4) is 0 Å². The Labute approximate surface area is 425 Å². The maximum Gasteiger partial charge on any atom is 0.306 e. The third-order valence-electron chi connectivity index (χ3n) is 11.8. The Morgan fingerprint density at radius 1 is 0.319 bits per heavy atom. The van der Waals surface area contributed by atoms with Crippen LogP contribution in [0.15, 0.2) is 109 Å². The van der Waals surface area contributed by atoms with E-state index < -0.39 is 6.10 Å². The van der Waals surface area contributed by atoms with Crippen LogP contribution in [-0.4, -0.2) is 37.2 Å². The highest BCUT2D eigenvalue weighted by molar-refractivity contribution is 5.71. The Balaban J connectivity index is 4.55. The van der Waals surface area contributed by atoms with Crippen LogP contribution in [0.4, 0.5) is 0 Å². The van der Waals surface area contributed by atoms with E-state index >= 15 is 0 Å². The quantitative estimate of drug-likeness (QED) is 0.0199. The average Bonchev–Trinajstić information content (AvgIpc) is 3.35. The van der Waals surface area contributed by atoms with Crippen LogP contribution in [0.25, 0.3) is 0 Å². The first-order chi connectivity index (χ1) is 34.0. The van der Waals surface area contributed by atoms with Crippen LogP contribution in [-0.2, 0) is 28.6 Å². The molecule has 0 aliphatic heterocycles. The summed E-state index contributed by atoms with van der Waals surface area (Å²) in [4.78, 5) is 38.1. The van der Waals surface area contributed by atoms with Crippen molar-refractivity contribution in [2.24, 2.45) is 0 Å². The molecule has 0 rings (SSSR count). The molecule has 1 unspecified atom stereocenters. The molecule has 1 atom stereocenters. The minimum absolute atomic E-state index is 0.117. The molecule has 0 heterocycles. The maximum atomic E-state index is 12.8. The maximum absolute atomic E-state index is 12.8. The highest BCUT2D eigenvalue weighted by atomic mass is 16.6. The Morgan fingerprint density at radius 2 is 0.638 bits per heavy atom. The van der Waals surface area contributed by atoms with Gasteiger partial charge in [-0.05, 0) is 109 Å². The van der Waals surface area contributed by atoms with E-state index in [-0.39, 0.29) is 44.0 Å². The topological polar surface area (TPSA) is 78.9 Å². The predicted octanol–water partition coefficient (Wildman–Crippen LogP) is 19.1. The molecule has 0 aromatic rings. The molecule has 69 heavy (non-hydrogen) atoms. The van der Waals surface area contributed by atoms with E-state index in [0.29, 0.717) is 12.8 Å². The highest BCUT2D eigenvalue weighted by Crippen LogP contribution is 2.13. The zero-order valence-corrected chi connectivity index (χ0v) is 44.8. The standard InChI is InChI=1S/C63H104O6/c1-4-7-10-13-16-19-22-25-28-30-32-34-35-38-41-44-47-50-53-56-62(65)68-59-60(58-67-61(64)55-52-49-46-43-40-37-27-24-21-18-15-12-9-6-3)69-63(66)57-54-51-48-45-42-39-36-33-31-29-26-23-20-17-14-11-8-5-2/h7,10,16,19,25,28-29,31-34,36-38,40-41,47,50,60H,4-6,8-9,11-15,17-18,20-24,26-27,30,35,39,42-46,48-49,51-59H2,1-3H3/b10-7-,19-16-,28-25-,31-29-,34-32-,36-33-,40-37-,41-38-,50-47-. The lowest BCUT2D eigenvalue weighted by atomic mass is 10.1. The molecule has 0 aromatic heterocycles. The summed E-state index contributed by atoms with van der Waals surface area (Å²) in [5, 5.41) is 0. The monoisotopic (exact) mass is 957 g/mol. The van der Waals surface area contributed by atoms with Gasteiger partial charge in [0, 0.05) is 19.3 Å². The van der Waals surface area contributed by atoms with Crippen LogP contribution < -0.4 is 0 Å². The lowest BCUT2D eigenvalue weighted by molar-refractivity contribution is -0.166. The van der Waals surface area contributed by atoms with Crippen molar-refractivity contribution in [2.75, 3.05) is 13.2 Å². The summed E-state index contributed by atoms with van der Waals surface area (Å²) in [6, 6.07) is 0. The number of ether oxygens (including phenoxy) is 3. The van der Waals surface area contributed by atoms with Crippen LogP contribution in [0, 0.1) is 0 Å². The molecule has 0 spiro atoms. The van der Waals surface area contributed by atoms with Crippen molar-refractivity contribution in [3.05, 3.63) is 109 Å². The van der Waals surface area contributed by atoms with Gasteiger partial charge in [-0.3, -0.25) is 14.4 Å². The number of unbranched alkanes of at least 4 members (excludes halogenated alkanes) is 22.